The number of rotatable bonds is 5. The van der Waals surface area contributed by atoms with Gasteiger partial charge in [-0.2, -0.15) is 0 Å². The predicted molar refractivity (Wildman–Crippen MR) is 75.0 cm³/mol. The molecule has 0 aliphatic carbocycles. The van der Waals surface area contributed by atoms with Crippen LogP contribution in [0.2, 0.25) is 0 Å². The largest absolute Gasteiger partial charge is 0.314 e. The minimum Gasteiger partial charge on any atom is -0.314 e. The molecule has 18 heavy (non-hydrogen) atoms. The first kappa shape index (κ1) is 14.0. The first-order chi connectivity index (χ1) is 8.59. The lowest BCUT2D eigenvalue weighted by Crippen LogP contribution is -2.30. The SMILES string of the molecule is O=S(=O)(NCC[C@H]1CCCN1)c1ccccc1Br. The highest BCUT2D eigenvalue weighted by Gasteiger charge is 2.18. The van der Waals surface area contributed by atoms with Crippen molar-refractivity contribution in [1.29, 1.82) is 0 Å². The van der Waals surface area contributed by atoms with Gasteiger partial charge in [-0.25, -0.2) is 13.1 Å². The second-order valence-corrected chi connectivity index (χ2v) is 7.00. The summed E-state index contributed by atoms with van der Waals surface area (Å²) in [5.41, 5.74) is 0. The molecular weight excluding hydrogens is 316 g/mol. The number of hydrogen-bond acceptors (Lipinski definition) is 3. The van der Waals surface area contributed by atoms with Crippen LogP contribution in [0.4, 0.5) is 0 Å². The van der Waals surface area contributed by atoms with Gasteiger partial charge in [0.25, 0.3) is 0 Å². The van der Waals surface area contributed by atoms with Crippen LogP contribution < -0.4 is 10.0 Å². The smallest absolute Gasteiger partial charge is 0.241 e. The highest BCUT2D eigenvalue weighted by Crippen LogP contribution is 2.20. The van der Waals surface area contributed by atoms with Gasteiger partial charge in [-0.05, 0) is 53.9 Å². The summed E-state index contributed by atoms with van der Waals surface area (Å²) in [6, 6.07) is 7.29. The van der Waals surface area contributed by atoms with Gasteiger partial charge in [0.15, 0.2) is 0 Å². The maximum absolute atomic E-state index is 12.1. The van der Waals surface area contributed by atoms with Gasteiger partial charge in [0.2, 0.25) is 10.0 Å². The molecule has 0 spiro atoms. The Kier molecular flexibility index (Phi) is 4.77. The van der Waals surface area contributed by atoms with Crippen LogP contribution in [0.1, 0.15) is 19.3 Å². The fourth-order valence-electron chi connectivity index (χ4n) is 2.11. The molecule has 6 heteroatoms. The van der Waals surface area contributed by atoms with Gasteiger partial charge >= 0.3 is 0 Å². The molecule has 1 fully saturated rings. The van der Waals surface area contributed by atoms with E-state index in [0.717, 1.165) is 19.4 Å². The summed E-state index contributed by atoms with van der Waals surface area (Å²) < 4.78 is 27.4. The lowest BCUT2D eigenvalue weighted by Gasteiger charge is -2.11. The Morgan fingerprint density at radius 2 is 2.17 bits per heavy atom. The minimum absolute atomic E-state index is 0.296. The van der Waals surface area contributed by atoms with E-state index in [1.165, 1.54) is 6.42 Å². The summed E-state index contributed by atoms with van der Waals surface area (Å²) in [5, 5.41) is 3.35. The maximum Gasteiger partial charge on any atom is 0.241 e. The molecule has 0 saturated carbocycles. The lowest BCUT2D eigenvalue weighted by atomic mass is 10.2. The molecule has 0 amide bonds. The number of nitrogens with one attached hydrogen (secondary N) is 2. The van der Waals surface area contributed by atoms with Crippen LogP contribution >= 0.6 is 15.9 Å². The molecule has 1 aliphatic rings. The zero-order valence-corrected chi connectivity index (χ0v) is 12.4. The maximum atomic E-state index is 12.1. The molecule has 1 atom stereocenters. The van der Waals surface area contributed by atoms with E-state index in [0.29, 0.717) is 22.0 Å². The van der Waals surface area contributed by atoms with Crippen LogP contribution in [0.25, 0.3) is 0 Å². The third-order valence-corrected chi connectivity index (χ3v) is 5.55. The van der Waals surface area contributed by atoms with Crippen LogP contribution in [0.3, 0.4) is 0 Å². The fourth-order valence-corrected chi connectivity index (χ4v) is 4.16. The molecule has 1 aromatic carbocycles. The third-order valence-electron chi connectivity index (χ3n) is 3.07. The van der Waals surface area contributed by atoms with E-state index in [1.807, 2.05) is 0 Å². The molecule has 2 rings (SSSR count). The van der Waals surface area contributed by atoms with E-state index in [4.69, 9.17) is 0 Å². The number of benzene rings is 1. The highest BCUT2D eigenvalue weighted by atomic mass is 79.9. The number of hydrogen-bond donors (Lipinski definition) is 2. The number of sulfonamides is 1. The van der Waals surface area contributed by atoms with E-state index in [1.54, 1.807) is 24.3 Å². The molecule has 0 unspecified atom stereocenters. The Labute approximate surface area is 116 Å². The van der Waals surface area contributed by atoms with E-state index < -0.39 is 10.0 Å². The summed E-state index contributed by atoms with van der Waals surface area (Å²) in [7, 11) is -3.41. The molecule has 0 radical (unpaired) electrons. The zero-order valence-electron chi connectivity index (χ0n) is 10.0. The normalized spacial score (nSPS) is 20.2. The Morgan fingerprint density at radius 1 is 1.39 bits per heavy atom. The van der Waals surface area contributed by atoms with Crippen molar-refractivity contribution in [1.82, 2.24) is 10.0 Å². The second-order valence-electron chi connectivity index (χ2n) is 4.41. The third kappa shape index (κ3) is 3.54. The summed E-state index contributed by atoms with van der Waals surface area (Å²) >= 11 is 3.26. The van der Waals surface area contributed by atoms with Crippen molar-refractivity contribution < 1.29 is 8.42 Å². The Bertz CT molecular complexity index is 499. The summed E-state index contributed by atoms with van der Waals surface area (Å²) in [6.45, 7) is 1.52. The molecule has 0 aromatic heterocycles. The molecule has 100 valence electrons. The molecule has 0 bridgehead atoms. The first-order valence-electron chi connectivity index (χ1n) is 6.07. The van der Waals surface area contributed by atoms with Gasteiger partial charge in [-0.1, -0.05) is 12.1 Å². The van der Waals surface area contributed by atoms with Crippen molar-refractivity contribution in [3.05, 3.63) is 28.7 Å². The van der Waals surface area contributed by atoms with Gasteiger partial charge in [-0.15, -0.1) is 0 Å². The topological polar surface area (TPSA) is 58.2 Å². The van der Waals surface area contributed by atoms with Crippen molar-refractivity contribution in [2.24, 2.45) is 0 Å². The second kappa shape index (κ2) is 6.14. The van der Waals surface area contributed by atoms with E-state index in [9.17, 15) is 8.42 Å². The van der Waals surface area contributed by atoms with Crippen molar-refractivity contribution in [2.75, 3.05) is 13.1 Å². The zero-order chi connectivity index (χ0) is 13.0. The molecule has 1 heterocycles. The first-order valence-corrected chi connectivity index (χ1v) is 8.35. The monoisotopic (exact) mass is 332 g/mol. The molecule has 1 aromatic rings. The summed E-state index contributed by atoms with van der Waals surface area (Å²) in [4.78, 5) is 0.296. The highest BCUT2D eigenvalue weighted by molar-refractivity contribution is 9.10. The standard InChI is InChI=1S/C12H17BrN2O2S/c13-11-5-1-2-6-12(11)18(16,17)15-9-7-10-4-3-8-14-10/h1-2,5-6,10,14-15H,3-4,7-9H2/t10-/m1/s1. The van der Waals surface area contributed by atoms with Gasteiger partial charge < -0.3 is 5.32 Å². The van der Waals surface area contributed by atoms with Crippen LogP contribution in [-0.4, -0.2) is 27.5 Å². The van der Waals surface area contributed by atoms with Crippen LogP contribution in [0.15, 0.2) is 33.6 Å². The molecule has 1 saturated heterocycles. The quantitative estimate of drug-likeness (QED) is 0.865. The Balaban J connectivity index is 1.93. The van der Waals surface area contributed by atoms with Gasteiger partial charge in [0, 0.05) is 17.1 Å². The lowest BCUT2D eigenvalue weighted by molar-refractivity contribution is 0.539. The average Bonchev–Trinajstić information content (AvgIpc) is 2.82. The average molecular weight is 333 g/mol. The molecular formula is C12H17BrN2O2S. The Hall–Kier alpha value is -0.430. The minimum atomic E-state index is -3.41. The molecule has 2 N–H and O–H groups in total. The predicted octanol–water partition coefficient (Wildman–Crippen LogP) is 1.87. The van der Waals surface area contributed by atoms with Crippen molar-refractivity contribution >= 4 is 26.0 Å². The summed E-state index contributed by atoms with van der Waals surface area (Å²) in [5.74, 6) is 0. The summed E-state index contributed by atoms with van der Waals surface area (Å²) in [6.07, 6.45) is 3.15. The van der Waals surface area contributed by atoms with Crippen molar-refractivity contribution in [3.8, 4) is 0 Å². The van der Waals surface area contributed by atoms with Crippen LogP contribution in [0, 0.1) is 0 Å². The number of halogens is 1. The van der Waals surface area contributed by atoms with Crippen molar-refractivity contribution in [2.45, 2.75) is 30.2 Å². The van der Waals surface area contributed by atoms with E-state index in [2.05, 4.69) is 26.0 Å². The Morgan fingerprint density at radius 3 is 2.83 bits per heavy atom. The van der Waals surface area contributed by atoms with Gasteiger partial charge in [0.05, 0.1) is 4.90 Å². The van der Waals surface area contributed by atoms with Crippen LogP contribution in [0.5, 0.6) is 0 Å². The fraction of sp³-hybridized carbons (Fsp3) is 0.500. The van der Waals surface area contributed by atoms with Crippen molar-refractivity contribution in [3.63, 3.8) is 0 Å². The van der Waals surface area contributed by atoms with Gasteiger partial charge in [0.1, 0.15) is 0 Å². The molecule has 4 nitrogen and oxygen atoms in total. The van der Waals surface area contributed by atoms with Crippen LogP contribution in [-0.2, 0) is 10.0 Å². The molecule has 1 aliphatic heterocycles. The van der Waals surface area contributed by atoms with E-state index in [-0.39, 0.29) is 0 Å². The van der Waals surface area contributed by atoms with E-state index >= 15 is 0 Å². The van der Waals surface area contributed by atoms with Gasteiger partial charge in [-0.3, -0.25) is 0 Å².